The third-order valence-electron chi connectivity index (χ3n) is 9.11. The number of aryl methyl sites for hydroxylation is 2. The molecule has 0 spiro atoms. The molecule has 0 fully saturated rings. The van der Waals surface area contributed by atoms with Crippen LogP contribution in [0.2, 0.25) is 0 Å². The first-order chi connectivity index (χ1) is 27.8. The molecule has 12 nitrogen and oxygen atoms in total. The number of unbranched alkanes of at least 4 members (excludes halogenated alkanes) is 2. The van der Waals surface area contributed by atoms with Gasteiger partial charge >= 0.3 is 29.6 Å². The maximum atomic E-state index is 12.7. The third-order valence-corrected chi connectivity index (χ3v) is 9.32. The maximum absolute atomic E-state index is 12.7. The fraction of sp³-hybridized carbons (Fsp3) is 0.200. The molecule has 0 aliphatic heterocycles. The van der Waals surface area contributed by atoms with Crippen molar-refractivity contribution in [1.82, 2.24) is 29.1 Å². The largest absolute Gasteiger partial charge is 1.00 e. The van der Waals surface area contributed by atoms with Gasteiger partial charge in [0.1, 0.15) is 45.9 Å². The van der Waals surface area contributed by atoms with Crippen LogP contribution in [0, 0.1) is 22.7 Å². The summed E-state index contributed by atoms with van der Waals surface area (Å²) in [6, 6.07) is 37.3. The molecular formula is C45H46ClN10NaO2. The Bertz CT molecular complexity index is 2810. The smallest absolute Gasteiger partial charge is 1.00 e. The zero-order valence-electron chi connectivity index (χ0n) is 33.5. The van der Waals surface area contributed by atoms with E-state index in [1.54, 1.807) is 36.4 Å². The quantitative estimate of drug-likeness (QED) is 0.111. The molecule has 0 aliphatic carbocycles. The van der Waals surface area contributed by atoms with Gasteiger partial charge in [-0.15, -0.1) is 0 Å². The summed E-state index contributed by atoms with van der Waals surface area (Å²) in [5.74, 6) is 0.656. The molecule has 0 aliphatic rings. The van der Waals surface area contributed by atoms with E-state index in [4.69, 9.17) is 22.3 Å². The first kappa shape index (κ1) is 45.6. The van der Waals surface area contributed by atoms with Crippen molar-refractivity contribution in [2.45, 2.75) is 60.0 Å². The van der Waals surface area contributed by atoms with Gasteiger partial charge in [-0.05, 0) is 60.8 Å². The second kappa shape index (κ2) is 21.6. The number of para-hydroxylation sites is 4. The van der Waals surface area contributed by atoms with Crippen LogP contribution in [-0.2, 0) is 13.1 Å². The number of nitrogens with one attached hydrogen (secondary N) is 1. The number of benzene rings is 4. The minimum atomic E-state index is -0.407. The van der Waals surface area contributed by atoms with Crippen molar-refractivity contribution < 1.29 is 42.0 Å². The van der Waals surface area contributed by atoms with Crippen molar-refractivity contribution in [1.29, 1.82) is 10.5 Å². The maximum Gasteiger partial charge on any atom is 1.00 e. The van der Waals surface area contributed by atoms with Gasteiger partial charge in [0.2, 0.25) is 0 Å². The summed E-state index contributed by atoms with van der Waals surface area (Å²) in [6.07, 6.45) is 3.93. The number of carbonyl (C=O) groups excluding carboxylic acids is 2. The monoisotopic (exact) mass is 817 g/mol. The van der Waals surface area contributed by atoms with Crippen LogP contribution in [-0.4, -0.2) is 40.2 Å². The first-order valence-corrected chi connectivity index (χ1v) is 18.9. The SMILES string of the molecule is C.CCCCn1c(N)c(C#N)c2nc3ccccc3nc21.CCCCn1c(NC(=O)c2ccccc2)c(C#N)c2nc3ccccc3nc21.O=C(Cl)c1ccccc1.[2HH].[H-].[Na+]. The fourth-order valence-corrected chi connectivity index (χ4v) is 6.30. The summed E-state index contributed by atoms with van der Waals surface area (Å²) in [5.41, 5.74) is 13.4. The van der Waals surface area contributed by atoms with Crippen LogP contribution in [0.5, 0.6) is 0 Å². The number of aromatic nitrogens is 6. The Labute approximate surface area is 372 Å². The second-order valence-electron chi connectivity index (χ2n) is 12.9. The number of amides is 1. The third kappa shape index (κ3) is 10.3. The Kier molecular flexibility index (Phi) is 16.6. The van der Waals surface area contributed by atoms with Crippen LogP contribution in [0.3, 0.4) is 0 Å². The van der Waals surface area contributed by atoms with E-state index < -0.39 is 5.24 Å². The van der Waals surface area contributed by atoms with Gasteiger partial charge in [0, 0.05) is 25.6 Å². The molecule has 59 heavy (non-hydrogen) atoms. The molecule has 0 atom stereocenters. The predicted octanol–water partition coefficient (Wildman–Crippen LogP) is 7.41. The van der Waals surface area contributed by atoms with Crippen LogP contribution in [0.1, 0.15) is 81.7 Å². The molecule has 296 valence electrons. The summed E-state index contributed by atoms with van der Waals surface area (Å²) in [6.45, 7) is 5.62. The topological polar surface area (TPSA) is 181 Å². The van der Waals surface area contributed by atoms with Crippen molar-refractivity contribution in [3.63, 3.8) is 0 Å². The van der Waals surface area contributed by atoms with Crippen molar-refractivity contribution in [3.8, 4) is 12.1 Å². The molecule has 1 amide bonds. The fourth-order valence-electron chi connectivity index (χ4n) is 6.18. The average Bonchev–Trinajstić information content (AvgIpc) is 3.68. The van der Waals surface area contributed by atoms with Gasteiger partial charge in [0.25, 0.3) is 11.1 Å². The number of fused-ring (bicyclic) bond motifs is 4. The number of carbonyl (C=O) groups is 2. The van der Waals surface area contributed by atoms with Gasteiger partial charge in [-0.3, -0.25) is 9.59 Å². The molecular weight excluding hydrogens is 771 g/mol. The zero-order valence-corrected chi connectivity index (χ0v) is 35.2. The predicted molar refractivity (Wildman–Crippen MR) is 235 cm³/mol. The van der Waals surface area contributed by atoms with Crippen LogP contribution in [0.15, 0.2) is 109 Å². The number of nitrogens with two attached hydrogens (primary N) is 1. The number of nitriles is 2. The number of anilines is 2. The van der Waals surface area contributed by atoms with Crippen molar-refractivity contribution in [3.05, 3.63) is 131 Å². The van der Waals surface area contributed by atoms with Crippen LogP contribution in [0.4, 0.5) is 11.6 Å². The van der Waals surface area contributed by atoms with Crippen LogP contribution >= 0.6 is 11.6 Å². The molecule has 4 aromatic carbocycles. The standard InChI is InChI=1S/C22H19N5O.C15H15N5.C7H5ClO.CH4.Na.H2.H/c1-2-3-13-27-20(26-22(28)15-9-5-4-6-10-15)16(14-23)19-21(27)25-18-12-8-7-11-17(18)24-19;1-2-3-8-20-14(17)10(9-16)13-15(20)19-12-7-5-4-6-11(12)18-13;8-7(9)6-4-2-1-3-5-6;;;;/h4-12H,2-3,13H2,1H3,(H,26,28);4-7H,2-3,8,17H2,1H3;1-5H;1H4;;1H;/q;;;;+1;;-1/i;;;;;1+1;. The number of halogens is 1. The molecule has 4 aromatic heterocycles. The number of rotatable bonds is 9. The normalized spacial score (nSPS) is 10.3. The van der Waals surface area contributed by atoms with Gasteiger partial charge in [0.05, 0.1) is 22.1 Å². The Balaban J connectivity index is 0.000000341. The van der Waals surface area contributed by atoms with E-state index in [1.807, 2.05) is 81.9 Å². The average molecular weight is 818 g/mol. The summed E-state index contributed by atoms with van der Waals surface area (Å²) < 4.78 is 3.80. The molecule has 4 heterocycles. The van der Waals surface area contributed by atoms with Gasteiger partial charge in [0.15, 0.2) is 11.3 Å². The number of hydrogen-bond acceptors (Lipinski definition) is 9. The van der Waals surface area contributed by atoms with E-state index in [9.17, 15) is 20.1 Å². The molecule has 0 saturated carbocycles. The number of hydrogen-bond donors (Lipinski definition) is 2. The van der Waals surface area contributed by atoms with Crippen LogP contribution in [0.25, 0.3) is 44.4 Å². The van der Waals surface area contributed by atoms with Gasteiger partial charge in [-0.25, -0.2) is 19.9 Å². The summed E-state index contributed by atoms with van der Waals surface area (Å²) in [5, 5.41) is 21.7. The molecule has 0 saturated heterocycles. The van der Waals surface area contributed by atoms with E-state index in [0.717, 1.165) is 54.3 Å². The minimum Gasteiger partial charge on any atom is -1.00 e. The molecule has 8 rings (SSSR count). The second-order valence-corrected chi connectivity index (χ2v) is 13.3. The van der Waals surface area contributed by atoms with Gasteiger partial charge in [-0.2, -0.15) is 10.5 Å². The van der Waals surface area contributed by atoms with Gasteiger partial charge in [-0.1, -0.05) is 107 Å². The molecule has 0 bridgehead atoms. The van der Waals surface area contributed by atoms with E-state index in [0.29, 0.717) is 62.8 Å². The minimum absolute atomic E-state index is 0. The van der Waals surface area contributed by atoms with Gasteiger partial charge < -0.3 is 21.6 Å². The molecule has 0 radical (unpaired) electrons. The summed E-state index contributed by atoms with van der Waals surface area (Å²) in [4.78, 5) is 41.7. The molecule has 0 unspecified atom stereocenters. The Morgan fingerprint density at radius 1 is 0.678 bits per heavy atom. The van der Waals surface area contributed by atoms with Crippen LogP contribution < -0.4 is 40.6 Å². The van der Waals surface area contributed by atoms with E-state index in [-0.39, 0.29) is 45.7 Å². The number of nitrogens with zero attached hydrogens (tertiary/aromatic N) is 8. The van der Waals surface area contributed by atoms with E-state index >= 15 is 0 Å². The molecule has 8 aromatic rings. The van der Waals surface area contributed by atoms with E-state index in [1.165, 1.54) is 0 Å². The van der Waals surface area contributed by atoms with Crippen molar-refractivity contribution in [2.75, 3.05) is 11.1 Å². The first-order valence-electron chi connectivity index (χ1n) is 18.5. The zero-order chi connectivity index (χ0) is 40.3. The molecule has 3 N–H and O–H groups in total. The Morgan fingerprint density at radius 3 is 1.53 bits per heavy atom. The van der Waals surface area contributed by atoms with E-state index in [2.05, 4.69) is 46.3 Å². The Hall–Kier alpha value is -6.15. The van der Waals surface area contributed by atoms with Crippen molar-refractivity contribution in [2.24, 2.45) is 0 Å². The molecule has 14 heteroatoms. The summed E-state index contributed by atoms with van der Waals surface area (Å²) in [7, 11) is 0. The summed E-state index contributed by atoms with van der Waals surface area (Å²) >= 11 is 5.16. The Morgan fingerprint density at radius 2 is 1.08 bits per heavy atom. The van der Waals surface area contributed by atoms with Crippen molar-refractivity contribution >= 4 is 78.8 Å². The number of nitrogen functional groups attached to an aromatic ring is 1.